The van der Waals surface area contributed by atoms with E-state index in [1.165, 1.54) is 6.07 Å². The molecule has 0 heterocycles. The molecule has 2 nitrogen and oxygen atoms in total. The third-order valence-corrected chi connectivity index (χ3v) is 1.86. The van der Waals surface area contributed by atoms with Gasteiger partial charge in [0.15, 0.2) is 0 Å². The average molecular weight is 164 g/mol. The topological polar surface area (TPSA) is 30.4 Å². The van der Waals surface area contributed by atoms with E-state index in [0.717, 1.165) is 5.56 Å². The summed E-state index contributed by atoms with van der Waals surface area (Å²) < 4.78 is 13.1. The van der Waals surface area contributed by atoms with Crippen molar-refractivity contribution in [2.45, 2.75) is 13.8 Å². The zero-order valence-electron chi connectivity index (χ0n) is 6.98. The molecule has 12 heavy (non-hydrogen) atoms. The second-order valence-electron chi connectivity index (χ2n) is 2.68. The Balaban J connectivity index is 3.52. The van der Waals surface area contributed by atoms with Crippen LogP contribution in [0.4, 0.5) is 15.8 Å². The number of halogens is 1. The normalized spacial score (nSPS) is 9.50. The third kappa shape index (κ3) is 1.12. The summed E-state index contributed by atoms with van der Waals surface area (Å²) in [6, 6.07) is 1.46. The molecule has 0 spiro atoms. The second kappa shape index (κ2) is 2.82. The molecular formula is C9H9FN2. The van der Waals surface area contributed by atoms with Crippen LogP contribution in [-0.2, 0) is 0 Å². The molecule has 0 aliphatic carbocycles. The van der Waals surface area contributed by atoms with Crippen LogP contribution in [0.3, 0.4) is 0 Å². The molecule has 2 N–H and O–H groups in total. The maximum atomic E-state index is 13.1. The predicted octanol–water partition coefficient (Wildman–Crippen LogP) is 2.58. The summed E-state index contributed by atoms with van der Waals surface area (Å²) in [4.78, 5) is 3.05. The molecule has 3 heteroatoms. The minimum absolute atomic E-state index is 0.0409. The van der Waals surface area contributed by atoms with Crippen molar-refractivity contribution >= 4 is 11.4 Å². The summed E-state index contributed by atoms with van der Waals surface area (Å²) in [6.45, 7) is 10.0. The van der Waals surface area contributed by atoms with Crippen molar-refractivity contribution in [3.63, 3.8) is 0 Å². The van der Waals surface area contributed by atoms with Crippen molar-refractivity contribution in [1.29, 1.82) is 0 Å². The number of nitrogens with zero attached hydrogens (tertiary/aromatic N) is 1. The Labute approximate surface area is 70.6 Å². The Hall–Kier alpha value is -1.56. The van der Waals surface area contributed by atoms with Crippen LogP contribution in [0.1, 0.15) is 11.1 Å². The van der Waals surface area contributed by atoms with Crippen LogP contribution in [0.2, 0.25) is 0 Å². The highest BCUT2D eigenvalue weighted by molar-refractivity contribution is 5.63. The monoisotopic (exact) mass is 164 g/mol. The van der Waals surface area contributed by atoms with Gasteiger partial charge in [0.05, 0.1) is 6.57 Å². The maximum absolute atomic E-state index is 13.1. The van der Waals surface area contributed by atoms with Crippen LogP contribution in [0, 0.1) is 26.2 Å². The second-order valence-corrected chi connectivity index (χ2v) is 2.68. The molecule has 0 aliphatic rings. The first kappa shape index (κ1) is 8.54. The highest BCUT2D eigenvalue weighted by atomic mass is 19.1. The van der Waals surface area contributed by atoms with E-state index >= 15 is 0 Å². The summed E-state index contributed by atoms with van der Waals surface area (Å²) in [7, 11) is 0. The number of aryl methyl sites for hydroxylation is 1. The largest absolute Gasteiger partial charge is 0.398 e. The van der Waals surface area contributed by atoms with Gasteiger partial charge in [-0.1, -0.05) is 0 Å². The zero-order chi connectivity index (χ0) is 9.30. The summed E-state index contributed by atoms with van der Waals surface area (Å²) in [5.41, 5.74) is 7.15. The Morgan fingerprint density at radius 1 is 1.50 bits per heavy atom. The van der Waals surface area contributed by atoms with Gasteiger partial charge in [-0.05, 0) is 31.0 Å². The fraction of sp³-hybridized carbons (Fsp3) is 0.222. The van der Waals surface area contributed by atoms with Crippen molar-refractivity contribution in [3.05, 3.63) is 34.4 Å². The van der Waals surface area contributed by atoms with Gasteiger partial charge < -0.3 is 5.73 Å². The third-order valence-electron chi connectivity index (χ3n) is 1.86. The summed E-state index contributed by atoms with van der Waals surface area (Å²) in [5, 5.41) is 0. The number of rotatable bonds is 0. The van der Waals surface area contributed by atoms with Gasteiger partial charge >= 0.3 is 0 Å². The van der Waals surface area contributed by atoms with Crippen molar-refractivity contribution in [1.82, 2.24) is 0 Å². The van der Waals surface area contributed by atoms with Gasteiger partial charge in [0.25, 0.3) is 0 Å². The Kier molecular flexibility index (Phi) is 2.01. The molecule has 0 atom stereocenters. The van der Waals surface area contributed by atoms with E-state index in [-0.39, 0.29) is 5.69 Å². The quantitative estimate of drug-likeness (QED) is 0.463. The van der Waals surface area contributed by atoms with Gasteiger partial charge in [-0.2, -0.15) is 0 Å². The highest BCUT2D eigenvalue weighted by Gasteiger charge is 2.09. The summed E-state index contributed by atoms with van der Waals surface area (Å²) in [6.07, 6.45) is 0. The fourth-order valence-corrected chi connectivity index (χ4v) is 1.03. The number of hydrogen-bond acceptors (Lipinski definition) is 1. The van der Waals surface area contributed by atoms with E-state index < -0.39 is 5.82 Å². The number of anilines is 1. The van der Waals surface area contributed by atoms with E-state index in [9.17, 15) is 4.39 Å². The molecule has 1 rings (SSSR count). The first-order chi connectivity index (χ1) is 5.57. The van der Waals surface area contributed by atoms with Crippen molar-refractivity contribution in [3.8, 4) is 0 Å². The molecule has 0 unspecified atom stereocenters. The first-order valence-electron chi connectivity index (χ1n) is 3.50. The predicted molar refractivity (Wildman–Crippen MR) is 46.5 cm³/mol. The molecule has 0 fully saturated rings. The minimum atomic E-state index is -0.506. The van der Waals surface area contributed by atoms with Gasteiger partial charge in [0.1, 0.15) is 5.82 Å². The Bertz CT molecular complexity index is 364. The Morgan fingerprint density at radius 2 is 2.08 bits per heavy atom. The van der Waals surface area contributed by atoms with Gasteiger partial charge in [-0.15, -0.1) is 0 Å². The lowest BCUT2D eigenvalue weighted by Gasteiger charge is -2.06. The van der Waals surface area contributed by atoms with Crippen molar-refractivity contribution < 1.29 is 4.39 Å². The molecule has 0 amide bonds. The van der Waals surface area contributed by atoms with Gasteiger partial charge in [-0.3, -0.25) is 0 Å². The zero-order valence-corrected chi connectivity index (χ0v) is 6.98. The number of nitrogen functional groups attached to an aromatic ring is 1. The van der Waals surface area contributed by atoms with Crippen molar-refractivity contribution in [2.24, 2.45) is 0 Å². The standard InChI is InChI=1S/C9H9FN2/c1-5-4-7(12-3)8(10)6(2)9(5)11/h4H,11H2,1-2H3. The molecule has 0 saturated heterocycles. The van der Waals surface area contributed by atoms with Crippen LogP contribution in [0.25, 0.3) is 4.85 Å². The molecule has 0 radical (unpaired) electrons. The van der Waals surface area contributed by atoms with E-state index in [2.05, 4.69) is 4.85 Å². The maximum Gasteiger partial charge on any atom is 0.222 e. The lowest BCUT2D eigenvalue weighted by atomic mass is 10.1. The van der Waals surface area contributed by atoms with Crippen LogP contribution < -0.4 is 5.73 Å². The first-order valence-corrected chi connectivity index (χ1v) is 3.50. The molecule has 0 aliphatic heterocycles. The SMILES string of the molecule is [C-]#[N+]c1cc(C)c(N)c(C)c1F. The molecule has 62 valence electrons. The fourth-order valence-electron chi connectivity index (χ4n) is 1.03. The Morgan fingerprint density at radius 3 is 2.58 bits per heavy atom. The number of nitrogens with two attached hydrogens (primary N) is 1. The molecule has 0 bridgehead atoms. The number of hydrogen-bond donors (Lipinski definition) is 1. The molecular weight excluding hydrogens is 155 g/mol. The number of benzene rings is 1. The van der Waals surface area contributed by atoms with E-state index in [4.69, 9.17) is 12.3 Å². The lowest BCUT2D eigenvalue weighted by Crippen LogP contribution is -1.96. The minimum Gasteiger partial charge on any atom is -0.398 e. The van der Waals surface area contributed by atoms with E-state index in [1.807, 2.05) is 0 Å². The molecule has 1 aromatic carbocycles. The highest BCUT2D eigenvalue weighted by Crippen LogP contribution is 2.28. The molecule has 1 aromatic rings. The lowest BCUT2D eigenvalue weighted by molar-refractivity contribution is 0.625. The van der Waals surface area contributed by atoms with Gasteiger partial charge in [0.2, 0.25) is 5.69 Å². The van der Waals surface area contributed by atoms with Crippen LogP contribution in [-0.4, -0.2) is 0 Å². The van der Waals surface area contributed by atoms with Crippen LogP contribution >= 0.6 is 0 Å². The van der Waals surface area contributed by atoms with E-state index in [0.29, 0.717) is 11.3 Å². The average Bonchev–Trinajstić information content (AvgIpc) is 2.08. The van der Waals surface area contributed by atoms with Crippen molar-refractivity contribution in [2.75, 3.05) is 5.73 Å². The molecule has 0 saturated carbocycles. The summed E-state index contributed by atoms with van der Waals surface area (Å²) in [5.74, 6) is -0.506. The van der Waals surface area contributed by atoms with Crippen LogP contribution in [0.15, 0.2) is 6.07 Å². The van der Waals surface area contributed by atoms with Gasteiger partial charge in [0, 0.05) is 5.69 Å². The van der Waals surface area contributed by atoms with E-state index in [1.54, 1.807) is 13.8 Å². The van der Waals surface area contributed by atoms with Crippen LogP contribution in [0.5, 0.6) is 0 Å². The smallest absolute Gasteiger partial charge is 0.222 e. The van der Waals surface area contributed by atoms with Gasteiger partial charge in [-0.25, -0.2) is 9.24 Å². The molecule has 0 aromatic heterocycles. The summed E-state index contributed by atoms with van der Waals surface area (Å²) >= 11 is 0.